The van der Waals surface area contributed by atoms with Gasteiger partial charge in [0.1, 0.15) is 17.0 Å². The predicted molar refractivity (Wildman–Crippen MR) is 118 cm³/mol. The summed E-state index contributed by atoms with van der Waals surface area (Å²) in [7, 11) is 0. The van der Waals surface area contributed by atoms with Crippen LogP contribution in [-0.2, 0) is 0 Å². The largest absolute Gasteiger partial charge is 0.339 e. The molecule has 0 radical (unpaired) electrons. The second kappa shape index (κ2) is 7.60. The Hall–Kier alpha value is -3.32. The van der Waals surface area contributed by atoms with Crippen LogP contribution in [0.2, 0.25) is 0 Å². The number of rotatable bonds is 5. The number of nitro benzene ring substituents is 1. The van der Waals surface area contributed by atoms with E-state index in [4.69, 9.17) is 0 Å². The van der Waals surface area contributed by atoms with Gasteiger partial charge in [-0.2, -0.15) is 0 Å². The van der Waals surface area contributed by atoms with Crippen LogP contribution in [-0.4, -0.2) is 14.9 Å². The van der Waals surface area contributed by atoms with Gasteiger partial charge in [-0.25, -0.2) is 9.97 Å². The van der Waals surface area contributed by atoms with Crippen LogP contribution in [0.5, 0.6) is 0 Å². The fourth-order valence-corrected chi connectivity index (χ4v) is 4.23. The Morgan fingerprint density at radius 1 is 1.10 bits per heavy atom. The highest BCUT2D eigenvalue weighted by Gasteiger charge is 2.17. The Bertz CT molecular complexity index is 1200. The van der Waals surface area contributed by atoms with Crippen molar-refractivity contribution in [2.24, 2.45) is 0 Å². The Balaban J connectivity index is 1.80. The lowest BCUT2D eigenvalue weighted by Gasteiger charge is -2.11. The highest BCUT2D eigenvalue weighted by Crippen LogP contribution is 2.38. The summed E-state index contributed by atoms with van der Waals surface area (Å²) in [5.74, 6) is 1.11. The van der Waals surface area contributed by atoms with Crippen LogP contribution in [0.15, 0.2) is 54.2 Å². The molecular formula is C22H20N4O2S. The molecular weight excluding hydrogens is 384 g/mol. The second-order valence-corrected chi connectivity index (χ2v) is 8.02. The number of nitrogens with zero attached hydrogens (tertiary/aromatic N) is 3. The van der Waals surface area contributed by atoms with Gasteiger partial charge in [0, 0.05) is 22.7 Å². The van der Waals surface area contributed by atoms with Gasteiger partial charge in [0.05, 0.1) is 15.9 Å². The Morgan fingerprint density at radius 2 is 1.86 bits per heavy atom. The number of nitrogens with one attached hydrogen (secondary N) is 1. The molecule has 0 aliphatic rings. The number of thiophene rings is 1. The summed E-state index contributed by atoms with van der Waals surface area (Å²) in [6.45, 7) is 6.08. The smallest absolute Gasteiger partial charge is 0.274 e. The lowest BCUT2D eigenvalue weighted by atomic mass is 9.99. The van der Waals surface area contributed by atoms with Crippen LogP contribution in [0.4, 0.5) is 17.2 Å². The van der Waals surface area contributed by atoms with E-state index < -0.39 is 0 Å². The Kier molecular flexibility index (Phi) is 4.98. The Morgan fingerprint density at radius 3 is 2.55 bits per heavy atom. The monoisotopic (exact) mass is 404 g/mol. The predicted octanol–water partition coefficient (Wildman–Crippen LogP) is 6.44. The maximum atomic E-state index is 11.3. The van der Waals surface area contributed by atoms with E-state index in [2.05, 4.69) is 58.8 Å². The number of fused-ring (bicyclic) bond motifs is 1. The summed E-state index contributed by atoms with van der Waals surface area (Å²) in [6, 6.07) is 13.5. The summed E-state index contributed by atoms with van der Waals surface area (Å²) in [4.78, 5) is 20.6. The quantitative estimate of drug-likeness (QED) is 0.306. The highest BCUT2D eigenvalue weighted by atomic mass is 32.1. The average Bonchev–Trinajstić information content (AvgIpc) is 3.14. The molecule has 0 bridgehead atoms. The molecule has 2 heterocycles. The molecule has 0 atom stereocenters. The molecule has 4 rings (SSSR count). The molecule has 2 aromatic carbocycles. The van der Waals surface area contributed by atoms with Gasteiger partial charge >= 0.3 is 0 Å². The minimum Gasteiger partial charge on any atom is -0.339 e. The third kappa shape index (κ3) is 3.56. The van der Waals surface area contributed by atoms with Crippen molar-refractivity contribution in [2.75, 3.05) is 5.32 Å². The fourth-order valence-electron chi connectivity index (χ4n) is 3.31. The van der Waals surface area contributed by atoms with E-state index >= 15 is 0 Å². The molecule has 0 aliphatic carbocycles. The van der Waals surface area contributed by atoms with Gasteiger partial charge < -0.3 is 5.32 Å². The molecule has 0 amide bonds. The highest BCUT2D eigenvalue weighted by molar-refractivity contribution is 7.17. The topological polar surface area (TPSA) is 81.0 Å². The standard InChI is InChI=1S/C22H20N4O2S/c1-13(2)15-7-9-16(10-8-15)17-11-29-22-20(17)21(23-12-24-22)25-18-5-4-6-19(14(18)3)26(27)28/h4-13H,1-3H3,(H,23,24,25). The van der Waals surface area contributed by atoms with E-state index in [0.717, 1.165) is 21.3 Å². The first-order valence-corrected chi connectivity index (χ1v) is 10.2. The molecule has 7 heteroatoms. The molecule has 146 valence electrons. The van der Waals surface area contributed by atoms with Crippen molar-refractivity contribution in [3.63, 3.8) is 0 Å². The third-order valence-electron chi connectivity index (χ3n) is 5.01. The molecule has 6 nitrogen and oxygen atoms in total. The lowest BCUT2D eigenvalue weighted by molar-refractivity contribution is -0.385. The summed E-state index contributed by atoms with van der Waals surface area (Å²) in [5.41, 5.74) is 4.74. The lowest BCUT2D eigenvalue weighted by Crippen LogP contribution is -2.00. The van der Waals surface area contributed by atoms with Crippen molar-refractivity contribution < 1.29 is 4.92 Å². The zero-order valence-corrected chi connectivity index (χ0v) is 17.2. The number of aromatic nitrogens is 2. The molecule has 0 fully saturated rings. The molecule has 0 spiro atoms. The molecule has 4 aromatic rings. The van der Waals surface area contributed by atoms with Crippen LogP contribution >= 0.6 is 11.3 Å². The summed E-state index contributed by atoms with van der Waals surface area (Å²) < 4.78 is 0. The SMILES string of the molecule is Cc1c(Nc2ncnc3scc(-c4ccc(C(C)C)cc4)c23)cccc1[N+](=O)[O-]. The maximum absolute atomic E-state index is 11.3. The summed E-state index contributed by atoms with van der Waals surface area (Å²) >= 11 is 1.56. The van der Waals surface area contributed by atoms with Gasteiger partial charge in [0.25, 0.3) is 5.69 Å². The van der Waals surface area contributed by atoms with E-state index in [-0.39, 0.29) is 10.6 Å². The number of nitro groups is 1. The number of hydrogen-bond donors (Lipinski definition) is 1. The maximum Gasteiger partial charge on any atom is 0.274 e. The van der Waals surface area contributed by atoms with Crippen LogP contribution in [0.1, 0.15) is 30.9 Å². The second-order valence-electron chi connectivity index (χ2n) is 7.16. The first kappa shape index (κ1) is 19.0. The average molecular weight is 404 g/mol. The Labute approximate surface area is 172 Å². The van der Waals surface area contributed by atoms with Crippen LogP contribution < -0.4 is 5.32 Å². The number of benzene rings is 2. The minimum absolute atomic E-state index is 0.0788. The molecule has 0 unspecified atom stereocenters. The molecule has 2 aromatic heterocycles. The number of anilines is 2. The van der Waals surface area contributed by atoms with Crippen LogP contribution in [0.3, 0.4) is 0 Å². The zero-order valence-electron chi connectivity index (χ0n) is 16.3. The minimum atomic E-state index is -0.373. The first-order valence-electron chi connectivity index (χ1n) is 9.29. The van der Waals surface area contributed by atoms with Crippen LogP contribution in [0.25, 0.3) is 21.3 Å². The van der Waals surface area contributed by atoms with E-state index in [1.165, 1.54) is 18.0 Å². The van der Waals surface area contributed by atoms with E-state index in [0.29, 0.717) is 23.0 Å². The van der Waals surface area contributed by atoms with Crippen molar-refractivity contribution in [3.05, 3.63) is 75.4 Å². The fraction of sp³-hybridized carbons (Fsp3) is 0.182. The first-order chi connectivity index (χ1) is 14.0. The van der Waals surface area contributed by atoms with E-state index in [1.54, 1.807) is 24.3 Å². The number of hydrogen-bond acceptors (Lipinski definition) is 6. The van der Waals surface area contributed by atoms with Crippen molar-refractivity contribution in [1.29, 1.82) is 0 Å². The van der Waals surface area contributed by atoms with E-state index in [9.17, 15) is 10.1 Å². The van der Waals surface area contributed by atoms with Gasteiger partial charge in [0.15, 0.2) is 0 Å². The van der Waals surface area contributed by atoms with Crippen molar-refractivity contribution in [1.82, 2.24) is 9.97 Å². The molecule has 0 aliphatic heterocycles. The van der Waals surface area contributed by atoms with E-state index in [1.807, 2.05) is 6.07 Å². The third-order valence-corrected chi connectivity index (χ3v) is 5.90. The van der Waals surface area contributed by atoms with Gasteiger partial charge in [0.2, 0.25) is 0 Å². The summed E-state index contributed by atoms with van der Waals surface area (Å²) in [5, 5.41) is 17.5. The molecule has 29 heavy (non-hydrogen) atoms. The summed E-state index contributed by atoms with van der Waals surface area (Å²) in [6.07, 6.45) is 1.51. The van der Waals surface area contributed by atoms with Crippen molar-refractivity contribution >= 4 is 38.7 Å². The van der Waals surface area contributed by atoms with Gasteiger partial charge in [-0.05, 0) is 30.0 Å². The van der Waals surface area contributed by atoms with Gasteiger partial charge in [-0.15, -0.1) is 11.3 Å². The van der Waals surface area contributed by atoms with Gasteiger partial charge in [-0.1, -0.05) is 44.2 Å². The zero-order chi connectivity index (χ0) is 20.5. The van der Waals surface area contributed by atoms with Crippen molar-refractivity contribution in [2.45, 2.75) is 26.7 Å². The normalized spacial score (nSPS) is 11.2. The molecule has 1 N–H and O–H groups in total. The molecule has 0 saturated carbocycles. The van der Waals surface area contributed by atoms with Crippen molar-refractivity contribution in [3.8, 4) is 11.1 Å². The van der Waals surface area contributed by atoms with Crippen LogP contribution in [0, 0.1) is 17.0 Å². The van der Waals surface area contributed by atoms with Gasteiger partial charge in [-0.3, -0.25) is 10.1 Å². The molecule has 0 saturated heterocycles.